The molecule has 2 atom stereocenters. The molecule has 1 aromatic carbocycles. The Balaban J connectivity index is 1.76. The highest BCUT2D eigenvalue weighted by atomic mass is 16.7. The first kappa shape index (κ1) is 15.0. The SMILES string of the molecule is CC1(C)OB(c2ccc([C@H]3COC[C@@H]3O)cc2)OC1(C)C. The predicted octanol–water partition coefficient (Wildman–Crippen LogP) is 1.46. The van der Waals surface area contributed by atoms with E-state index in [4.69, 9.17) is 14.0 Å². The van der Waals surface area contributed by atoms with E-state index in [0.29, 0.717) is 13.2 Å². The van der Waals surface area contributed by atoms with Crippen molar-refractivity contribution in [2.24, 2.45) is 0 Å². The first-order valence-electron chi connectivity index (χ1n) is 7.51. The smallest absolute Gasteiger partial charge is 0.399 e. The highest BCUT2D eigenvalue weighted by molar-refractivity contribution is 6.62. The van der Waals surface area contributed by atoms with E-state index in [1.165, 1.54) is 0 Å². The van der Waals surface area contributed by atoms with Crippen molar-refractivity contribution in [3.05, 3.63) is 29.8 Å². The average Bonchev–Trinajstić information content (AvgIpc) is 2.92. The summed E-state index contributed by atoms with van der Waals surface area (Å²) in [5, 5.41) is 9.89. The van der Waals surface area contributed by atoms with Crippen LogP contribution in [0.5, 0.6) is 0 Å². The molecule has 0 spiro atoms. The van der Waals surface area contributed by atoms with Crippen molar-refractivity contribution in [3.8, 4) is 0 Å². The van der Waals surface area contributed by atoms with Gasteiger partial charge < -0.3 is 19.2 Å². The van der Waals surface area contributed by atoms with Crippen LogP contribution in [0.2, 0.25) is 0 Å². The fourth-order valence-corrected chi connectivity index (χ4v) is 2.74. The van der Waals surface area contributed by atoms with Crippen molar-refractivity contribution in [2.45, 2.75) is 50.9 Å². The van der Waals surface area contributed by atoms with E-state index in [9.17, 15) is 5.11 Å². The summed E-state index contributed by atoms with van der Waals surface area (Å²) in [4.78, 5) is 0. The standard InChI is InChI=1S/C16H23BO4/c1-15(2)16(3,4)21-17(20-15)12-7-5-11(6-8-12)13-9-19-10-14(13)18/h5-8,13-14,18H,9-10H2,1-4H3/t13-,14+/m1/s1. The molecular formula is C16H23BO4. The van der Waals surface area contributed by atoms with Crippen LogP contribution in [-0.4, -0.2) is 42.7 Å². The van der Waals surface area contributed by atoms with Gasteiger partial charge in [0.15, 0.2) is 0 Å². The lowest BCUT2D eigenvalue weighted by atomic mass is 9.78. The van der Waals surface area contributed by atoms with E-state index in [2.05, 4.69) is 0 Å². The van der Waals surface area contributed by atoms with Gasteiger partial charge in [-0.1, -0.05) is 24.3 Å². The predicted molar refractivity (Wildman–Crippen MR) is 81.7 cm³/mol. The Morgan fingerprint density at radius 1 is 1.00 bits per heavy atom. The molecule has 0 bridgehead atoms. The van der Waals surface area contributed by atoms with Crippen molar-refractivity contribution in [1.29, 1.82) is 0 Å². The zero-order valence-electron chi connectivity index (χ0n) is 13.1. The fraction of sp³-hybridized carbons (Fsp3) is 0.625. The van der Waals surface area contributed by atoms with Crippen molar-refractivity contribution in [2.75, 3.05) is 13.2 Å². The lowest BCUT2D eigenvalue weighted by molar-refractivity contribution is 0.00578. The van der Waals surface area contributed by atoms with Crippen molar-refractivity contribution >= 4 is 12.6 Å². The zero-order valence-corrected chi connectivity index (χ0v) is 13.1. The van der Waals surface area contributed by atoms with Crippen LogP contribution in [-0.2, 0) is 14.0 Å². The molecule has 2 aliphatic rings. The summed E-state index contributed by atoms with van der Waals surface area (Å²) in [5.74, 6) is 0.0670. The third-order valence-electron chi connectivity index (χ3n) is 4.94. The van der Waals surface area contributed by atoms with Crippen LogP contribution in [0.25, 0.3) is 0 Å². The maximum absolute atomic E-state index is 9.89. The van der Waals surface area contributed by atoms with E-state index in [1.807, 2.05) is 52.0 Å². The van der Waals surface area contributed by atoms with Gasteiger partial charge in [-0.25, -0.2) is 0 Å². The molecule has 4 nitrogen and oxygen atoms in total. The lowest BCUT2D eigenvalue weighted by Crippen LogP contribution is -2.41. The van der Waals surface area contributed by atoms with Gasteiger partial charge in [-0.15, -0.1) is 0 Å². The van der Waals surface area contributed by atoms with Crippen LogP contribution in [0, 0.1) is 0 Å². The molecule has 0 amide bonds. The molecule has 2 heterocycles. The minimum atomic E-state index is -0.410. The molecule has 21 heavy (non-hydrogen) atoms. The molecule has 5 heteroatoms. The molecule has 2 aliphatic heterocycles. The van der Waals surface area contributed by atoms with Gasteiger partial charge >= 0.3 is 7.12 Å². The first-order valence-corrected chi connectivity index (χ1v) is 7.51. The number of aliphatic hydroxyl groups is 1. The topological polar surface area (TPSA) is 47.9 Å². The number of aliphatic hydroxyl groups excluding tert-OH is 1. The quantitative estimate of drug-likeness (QED) is 0.838. The largest absolute Gasteiger partial charge is 0.494 e. The highest BCUT2D eigenvalue weighted by Gasteiger charge is 2.51. The number of ether oxygens (including phenoxy) is 1. The second kappa shape index (κ2) is 5.09. The number of benzene rings is 1. The summed E-state index contributed by atoms with van der Waals surface area (Å²) in [7, 11) is -0.339. The van der Waals surface area contributed by atoms with Gasteiger partial charge in [0.1, 0.15) is 0 Å². The van der Waals surface area contributed by atoms with Crippen LogP contribution in [0.4, 0.5) is 0 Å². The Bertz CT molecular complexity index is 496. The van der Waals surface area contributed by atoms with Gasteiger partial charge in [-0.05, 0) is 38.7 Å². The highest BCUT2D eigenvalue weighted by Crippen LogP contribution is 2.36. The summed E-state index contributed by atoms with van der Waals surface area (Å²) < 4.78 is 17.4. The molecule has 114 valence electrons. The zero-order chi connectivity index (χ0) is 15.3. The molecular weight excluding hydrogens is 267 g/mol. The van der Waals surface area contributed by atoms with Crippen LogP contribution in [0.3, 0.4) is 0 Å². The Labute approximate surface area is 126 Å². The summed E-state index contributed by atoms with van der Waals surface area (Å²) in [6.07, 6.45) is -0.410. The van der Waals surface area contributed by atoms with E-state index in [1.54, 1.807) is 0 Å². The van der Waals surface area contributed by atoms with Crippen LogP contribution in [0.1, 0.15) is 39.2 Å². The van der Waals surface area contributed by atoms with Gasteiger partial charge in [0.2, 0.25) is 0 Å². The molecule has 0 unspecified atom stereocenters. The van der Waals surface area contributed by atoms with Crippen LogP contribution >= 0.6 is 0 Å². The van der Waals surface area contributed by atoms with Crippen molar-refractivity contribution in [3.63, 3.8) is 0 Å². The van der Waals surface area contributed by atoms with E-state index >= 15 is 0 Å². The Morgan fingerprint density at radius 2 is 1.57 bits per heavy atom. The molecule has 0 aliphatic carbocycles. The second-order valence-corrected chi connectivity index (χ2v) is 6.97. The third kappa shape index (κ3) is 2.64. The summed E-state index contributed by atoms with van der Waals surface area (Å²) >= 11 is 0. The molecule has 0 aromatic heterocycles. The number of hydrogen-bond donors (Lipinski definition) is 1. The lowest BCUT2D eigenvalue weighted by Gasteiger charge is -2.32. The fourth-order valence-electron chi connectivity index (χ4n) is 2.74. The number of hydrogen-bond acceptors (Lipinski definition) is 4. The van der Waals surface area contributed by atoms with Gasteiger partial charge in [-0.2, -0.15) is 0 Å². The van der Waals surface area contributed by atoms with Gasteiger partial charge in [0.05, 0.1) is 30.5 Å². The third-order valence-corrected chi connectivity index (χ3v) is 4.94. The van der Waals surface area contributed by atoms with E-state index in [0.717, 1.165) is 11.0 Å². The normalized spacial score (nSPS) is 30.8. The van der Waals surface area contributed by atoms with E-state index < -0.39 is 6.10 Å². The van der Waals surface area contributed by atoms with Gasteiger partial charge in [0, 0.05) is 5.92 Å². The minimum absolute atomic E-state index is 0.0670. The van der Waals surface area contributed by atoms with Crippen molar-refractivity contribution in [1.82, 2.24) is 0 Å². The molecule has 2 saturated heterocycles. The maximum Gasteiger partial charge on any atom is 0.494 e. The second-order valence-electron chi connectivity index (χ2n) is 6.97. The monoisotopic (exact) mass is 290 g/mol. The Kier molecular flexibility index (Phi) is 3.65. The molecule has 0 saturated carbocycles. The Hall–Kier alpha value is -0.875. The summed E-state index contributed by atoms with van der Waals surface area (Å²) in [5.41, 5.74) is 1.45. The van der Waals surface area contributed by atoms with Crippen molar-refractivity contribution < 1.29 is 19.2 Å². The maximum atomic E-state index is 9.89. The summed E-state index contributed by atoms with van der Waals surface area (Å²) in [6.45, 7) is 9.20. The van der Waals surface area contributed by atoms with Crippen LogP contribution in [0.15, 0.2) is 24.3 Å². The van der Waals surface area contributed by atoms with Gasteiger partial charge in [-0.3, -0.25) is 0 Å². The Morgan fingerprint density at radius 3 is 2.05 bits per heavy atom. The molecule has 3 rings (SSSR count). The number of rotatable bonds is 2. The summed E-state index contributed by atoms with van der Waals surface area (Å²) in [6, 6.07) is 8.09. The molecule has 2 fully saturated rings. The molecule has 1 aromatic rings. The average molecular weight is 290 g/mol. The molecule has 0 radical (unpaired) electrons. The first-order chi connectivity index (χ1) is 9.80. The van der Waals surface area contributed by atoms with Crippen LogP contribution < -0.4 is 5.46 Å². The molecule has 1 N–H and O–H groups in total. The van der Waals surface area contributed by atoms with Gasteiger partial charge in [0.25, 0.3) is 0 Å². The minimum Gasteiger partial charge on any atom is -0.399 e. The van der Waals surface area contributed by atoms with E-state index in [-0.39, 0.29) is 24.2 Å².